The highest BCUT2D eigenvalue weighted by atomic mass is 35.5. The Hall–Kier alpha value is -2.39. The molecule has 28 heavy (non-hydrogen) atoms. The first-order valence-corrected chi connectivity index (χ1v) is 8.48. The average molecular weight is 417 g/mol. The molecule has 0 spiro atoms. The maximum atomic E-state index is 13.4. The molecule has 2 heterocycles. The van der Waals surface area contributed by atoms with Gasteiger partial charge in [0, 0.05) is 37.4 Å². The third kappa shape index (κ3) is 4.36. The number of carbonyl (C=O) groups excluding carboxylic acids is 1. The molecule has 0 saturated carbocycles. The number of hydrogen-bond donors (Lipinski definition) is 1. The van der Waals surface area contributed by atoms with Gasteiger partial charge in [-0.3, -0.25) is 9.59 Å². The summed E-state index contributed by atoms with van der Waals surface area (Å²) in [6.45, 7) is 4.75. The minimum Gasteiger partial charge on any atom is -0.334 e. The zero-order chi connectivity index (χ0) is 19.8. The Kier molecular flexibility index (Phi) is 6.51. The van der Waals surface area contributed by atoms with E-state index in [2.05, 4.69) is 10.4 Å². The van der Waals surface area contributed by atoms with E-state index in [1.54, 1.807) is 0 Å². The largest absolute Gasteiger partial charge is 0.418 e. The fraction of sp³-hybridized carbons (Fsp3) is 0.389. The van der Waals surface area contributed by atoms with Gasteiger partial charge in [-0.1, -0.05) is 12.1 Å². The van der Waals surface area contributed by atoms with Gasteiger partial charge in [0.2, 0.25) is 5.43 Å². The van der Waals surface area contributed by atoms with Gasteiger partial charge in [0.25, 0.3) is 5.91 Å². The van der Waals surface area contributed by atoms with Crippen molar-refractivity contribution in [2.24, 2.45) is 0 Å². The monoisotopic (exact) mass is 416 g/mol. The number of nitrogens with zero attached hydrogens (tertiary/aromatic N) is 3. The number of amides is 1. The minimum atomic E-state index is -4.59. The molecule has 1 fully saturated rings. The zero-order valence-electron chi connectivity index (χ0n) is 15.3. The van der Waals surface area contributed by atoms with Crippen molar-refractivity contribution >= 4 is 18.3 Å². The fourth-order valence-corrected chi connectivity index (χ4v) is 3.10. The van der Waals surface area contributed by atoms with Crippen molar-refractivity contribution in [3.05, 3.63) is 57.5 Å². The first kappa shape index (κ1) is 21.9. The van der Waals surface area contributed by atoms with Crippen molar-refractivity contribution in [3.8, 4) is 5.69 Å². The number of halogens is 4. The van der Waals surface area contributed by atoms with E-state index in [1.165, 1.54) is 30.0 Å². The van der Waals surface area contributed by atoms with Crippen LogP contribution in [0, 0.1) is 6.92 Å². The van der Waals surface area contributed by atoms with Gasteiger partial charge in [0.15, 0.2) is 5.69 Å². The van der Waals surface area contributed by atoms with E-state index in [9.17, 15) is 22.8 Å². The van der Waals surface area contributed by atoms with Crippen molar-refractivity contribution in [2.75, 3.05) is 19.6 Å². The number of benzene rings is 1. The molecule has 1 aromatic heterocycles. The van der Waals surface area contributed by atoms with E-state index in [0.717, 1.165) is 16.8 Å². The zero-order valence-corrected chi connectivity index (χ0v) is 16.1. The average Bonchev–Trinajstić information content (AvgIpc) is 2.60. The summed E-state index contributed by atoms with van der Waals surface area (Å²) in [5.74, 6) is -0.577. The predicted octanol–water partition coefficient (Wildman–Crippen LogP) is 2.42. The molecule has 1 aliphatic heterocycles. The van der Waals surface area contributed by atoms with Gasteiger partial charge in [-0.05, 0) is 26.0 Å². The summed E-state index contributed by atoms with van der Waals surface area (Å²) >= 11 is 0. The number of carbonyl (C=O) groups is 1. The Morgan fingerprint density at radius 1 is 1.29 bits per heavy atom. The highest BCUT2D eigenvalue weighted by Gasteiger charge is 2.34. The maximum absolute atomic E-state index is 13.4. The van der Waals surface area contributed by atoms with Crippen LogP contribution in [0.1, 0.15) is 28.7 Å². The van der Waals surface area contributed by atoms with Crippen molar-refractivity contribution in [3.63, 3.8) is 0 Å². The number of nitrogens with one attached hydrogen (secondary N) is 1. The lowest BCUT2D eigenvalue weighted by atomic mass is 10.1. The summed E-state index contributed by atoms with van der Waals surface area (Å²) in [7, 11) is 0. The molecule has 1 aliphatic rings. The Morgan fingerprint density at radius 3 is 2.61 bits per heavy atom. The number of aromatic nitrogens is 2. The van der Waals surface area contributed by atoms with Crippen LogP contribution in [-0.2, 0) is 6.18 Å². The van der Waals surface area contributed by atoms with Crippen LogP contribution in [0.4, 0.5) is 13.2 Å². The number of rotatable bonds is 2. The quantitative estimate of drug-likeness (QED) is 0.816. The summed E-state index contributed by atoms with van der Waals surface area (Å²) in [6.07, 6.45) is -4.59. The second-order valence-electron chi connectivity index (χ2n) is 6.53. The van der Waals surface area contributed by atoms with Crippen molar-refractivity contribution in [1.29, 1.82) is 0 Å². The highest BCUT2D eigenvalue weighted by molar-refractivity contribution is 5.92. The van der Waals surface area contributed by atoms with Crippen LogP contribution < -0.4 is 10.7 Å². The second-order valence-corrected chi connectivity index (χ2v) is 6.53. The van der Waals surface area contributed by atoms with Crippen LogP contribution in [0.2, 0.25) is 0 Å². The molecule has 0 aliphatic carbocycles. The van der Waals surface area contributed by atoms with E-state index in [-0.39, 0.29) is 35.5 Å². The van der Waals surface area contributed by atoms with Gasteiger partial charge in [0.05, 0.1) is 11.3 Å². The molecule has 0 bridgehead atoms. The molecule has 1 amide bonds. The molecular formula is C18H20ClF3N4O2. The van der Waals surface area contributed by atoms with Crippen molar-refractivity contribution < 1.29 is 18.0 Å². The number of hydrogen-bond acceptors (Lipinski definition) is 4. The molecular weight excluding hydrogens is 397 g/mol. The molecule has 1 atom stereocenters. The minimum absolute atomic E-state index is 0. The van der Waals surface area contributed by atoms with Gasteiger partial charge >= 0.3 is 6.18 Å². The highest BCUT2D eigenvalue weighted by Crippen LogP contribution is 2.33. The molecule has 10 heteroatoms. The van der Waals surface area contributed by atoms with Crippen LogP contribution in [0.3, 0.4) is 0 Å². The number of alkyl halides is 3. The smallest absolute Gasteiger partial charge is 0.334 e. The Balaban J connectivity index is 0.00000280. The molecule has 1 aromatic carbocycles. The number of aryl methyl sites for hydroxylation is 1. The second kappa shape index (κ2) is 8.32. The molecule has 1 N–H and O–H groups in total. The lowest BCUT2D eigenvalue weighted by Gasteiger charge is -2.31. The molecule has 0 radical (unpaired) electrons. The Labute approximate surface area is 165 Å². The van der Waals surface area contributed by atoms with E-state index in [0.29, 0.717) is 19.6 Å². The molecule has 2 aromatic rings. The Morgan fingerprint density at radius 2 is 1.96 bits per heavy atom. The Bertz CT molecular complexity index is 930. The number of para-hydroxylation sites is 1. The van der Waals surface area contributed by atoms with E-state index >= 15 is 0 Å². The summed E-state index contributed by atoms with van der Waals surface area (Å²) in [4.78, 5) is 26.5. The van der Waals surface area contributed by atoms with Crippen molar-refractivity contribution in [2.45, 2.75) is 26.1 Å². The summed E-state index contributed by atoms with van der Waals surface area (Å²) in [6, 6.07) is 6.12. The van der Waals surface area contributed by atoms with E-state index < -0.39 is 23.1 Å². The molecule has 1 unspecified atom stereocenters. The molecule has 6 nitrogen and oxygen atoms in total. The van der Waals surface area contributed by atoms with Gasteiger partial charge in [-0.25, -0.2) is 4.68 Å². The van der Waals surface area contributed by atoms with Gasteiger partial charge in [-0.2, -0.15) is 18.3 Å². The van der Waals surface area contributed by atoms with Crippen LogP contribution in [-0.4, -0.2) is 46.3 Å². The van der Waals surface area contributed by atoms with Crippen LogP contribution in [0.25, 0.3) is 5.69 Å². The molecule has 152 valence electrons. The molecule has 1 saturated heterocycles. The standard InChI is InChI=1S/C18H19F3N4O2.ClH/c1-11-10-24(8-7-22-11)17(27)16-15(26)9-12(2)25(23-16)14-6-4-3-5-13(14)18(19,20)21;/h3-6,9,11,22H,7-8,10H2,1-2H3;1H. The summed E-state index contributed by atoms with van der Waals surface area (Å²) < 4.78 is 41.1. The van der Waals surface area contributed by atoms with Gasteiger partial charge in [-0.15, -0.1) is 12.4 Å². The summed E-state index contributed by atoms with van der Waals surface area (Å²) in [5.41, 5.74) is -1.90. The van der Waals surface area contributed by atoms with Gasteiger partial charge < -0.3 is 10.2 Å². The molecule has 3 rings (SSSR count). The summed E-state index contributed by atoms with van der Waals surface area (Å²) in [5, 5.41) is 7.19. The van der Waals surface area contributed by atoms with E-state index in [4.69, 9.17) is 0 Å². The topological polar surface area (TPSA) is 67.2 Å². The third-order valence-corrected chi connectivity index (χ3v) is 4.40. The maximum Gasteiger partial charge on any atom is 0.418 e. The number of piperazine rings is 1. The fourth-order valence-electron chi connectivity index (χ4n) is 3.10. The lowest BCUT2D eigenvalue weighted by molar-refractivity contribution is -0.137. The van der Waals surface area contributed by atoms with Crippen LogP contribution in [0.15, 0.2) is 35.1 Å². The third-order valence-electron chi connectivity index (χ3n) is 4.40. The van der Waals surface area contributed by atoms with E-state index in [1.807, 2.05) is 6.92 Å². The van der Waals surface area contributed by atoms with Crippen LogP contribution in [0.5, 0.6) is 0 Å². The lowest BCUT2D eigenvalue weighted by Crippen LogP contribution is -2.52. The SMILES string of the molecule is Cc1cc(=O)c(C(=O)N2CCNC(C)C2)nn1-c1ccccc1C(F)(F)F.Cl. The predicted molar refractivity (Wildman–Crippen MR) is 100 cm³/mol. The van der Waals surface area contributed by atoms with Crippen molar-refractivity contribution in [1.82, 2.24) is 20.0 Å². The van der Waals surface area contributed by atoms with Gasteiger partial charge in [0.1, 0.15) is 0 Å². The first-order valence-electron chi connectivity index (χ1n) is 8.48. The van der Waals surface area contributed by atoms with Crippen LogP contribution >= 0.6 is 12.4 Å². The first-order chi connectivity index (χ1) is 12.7. The normalized spacial score (nSPS) is 17.2.